The van der Waals surface area contributed by atoms with Gasteiger partial charge in [0, 0.05) is 12.6 Å². The first-order valence-electron chi connectivity index (χ1n) is 7.35. The molecule has 18 heavy (non-hydrogen) atoms. The zero-order valence-electron chi connectivity index (χ0n) is 11.6. The van der Waals surface area contributed by atoms with E-state index in [0.717, 1.165) is 38.5 Å². The zero-order chi connectivity index (χ0) is 12.8. The van der Waals surface area contributed by atoms with Gasteiger partial charge in [0.2, 0.25) is 0 Å². The topological polar surface area (TPSA) is 29.3 Å². The first-order chi connectivity index (χ1) is 8.83. The Morgan fingerprint density at radius 2 is 1.83 bits per heavy atom. The molecule has 1 aliphatic rings. The van der Waals surface area contributed by atoms with E-state index in [1.807, 2.05) is 0 Å². The highest BCUT2D eigenvalue weighted by molar-refractivity contribution is 5.22. The highest BCUT2D eigenvalue weighted by atomic mass is 15.2. The minimum absolute atomic E-state index is 0.804. The maximum Gasteiger partial charge on any atom is 0.0236 e. The zero-order valence-corrected chi connectivity index (χ0v) is 11.6. The van der Waals surface area contributed by atoms with Crippen molar-refractivity contribution in [2.24, 2.45) is 5.73 Å². The maximum atomic E-state index is 5.64. The van der Waals surface area contributed by atoms with Gasteiger partial charge in [0.1, 0.15) is 0 Å². The summed E-state index contributed by atoms with van der Waals surface area (Å²) in [7, 11) is 0. The van der Waals surface area contributed by atoms with E-state index < -0.39 is 0 Å². The van der Waals surface area contributed by atoms with Crippen molar-refractivity contribution in [3.63, 3.8) is 0 Å². The second-order valence-corrected chi connectivity index (χ2v) is 5.37. The summed E-state index contributed by atoms with van der Waals surface area (Å²) < 4.78 is 0. The molecule has 1 aliphatic carbocycles. The highest BCUT2D eigenvalue weighted by Gasteiger charge is 2.24. The Balaban J connectivity index is 1.93. The van der Waals surface area contributed by atoms with Crippen molar-refractivity contribution < 1.29 is 0 Å². The van der Waals surface area contributed by atoms with Gasteiger partial charge in [-0.2, -0.15) is 0 Å². The Morgan fingerprint density at radius 1 is 1.17 bits per heavy atom. The lowest BCUT2D eigenvalue weighted by Crippen LogP contribution is -2.40. The molecule has 1 fully saturated rings. The van der Waals surface area contributed by atoms with Gasteiger partial charge in [0.15, 0.2) is 0 Å². The Hall–Kier alpha value is -0.860. The fourth-order valence-corrected chi connectivity index (χ4v) is 2.55. The fraction of sp³-hybridized carbons (Fsp3) is 0.625. The maximum absolute atomic E-state index is 5.64. The summed E-state index contributed by atoms with van der Waals surface area (Å²) in [6.07, 6.45) is 6.39. The molecular formula is C16H26N2. The van der Waals surface area contributed by atoms with Gasteiger partial charge < -0.3 is 5.73 Å². The van der Waals surface area contributed by atoms with Gasteiger partial charge in [-0.1, -0.05) is 37.6 Å². The molecule has 100 valence electrons. The summed E-state index contributed by atoms with van der Waals surface area (Å²) in [6.45, 7) is 5.25. The van der Waals surface area contributed by atoms with Crippen molar-refractivity contribution in [1.29, 1.82) is 0 Å². The van der Waals surface area contributed by atoms with E-state index in [4.69, 9.17) is 5.73 Å². The molecule has 0 amide bonds. The predicted octanol–water partition coefficient (Wildman–Crippen LogP) is 2.95. The van der Waals surface area contributed by atoms with Gasteiger partial charge in [-0.05, 0) is 49.9 Å². The molecule has 0 heterocycles. The number of nitrogens with zero attached hydrogens (tertiary/aromatic N) is 1. The van der Waals surface area contributed by atoms with Gasteiger partial charge in [-0.3, -0.25) is 4.90 Å². The number of hydrogen-bond donors (Lipinski definition) is 1. The Labute approximate surface area is 111 Å². The molecule has 0 atom stereocenters. The van der Waals surface area contributed by atoms with Crippen molar-refractivity contribution in [3.05, 3.63) is 35.4 Å². The van der Waals surface area contributed by atoms with E-state index in [0.29, 0.717) is 0 Å². The summed E-state index contributed by atoms with van der Waals surface area (Å²) in [5.41, 5.74) is 8.51. The molecule has 2 nitrogen and oxygen atoms in total. The quantitative estimate of drug-likeness (QED) is 0.801. The Morgan fingerprint density at radius 3 is 2.33 bits per heavy atom. The van der Waals surface area contributed by atoms with Crippen LogP contribution in [-0.4, -0.2) is 24.0 Å². The summed E-state index contributed by atoms with van der Waals surface area (Å²) in [6, 6.07) is 9.90. The summed E-state index contributed by atoms with van der Waals surface area (Å²) in [5, 5.41) is 0. The first kappa shape index (κ1) is 13.6. The van der Waals surface area contributed by atoms with E-state index >= 15 is 0 Å². The lowest BCUT2D eigenvalue weighted by molar-refractivity contribution is 0.119. The lowest BCUT2D eigenvalue weighted by atomic mass is 9.91. The standard InChI is InChI=1S/C16H26N2/c1-2-14-7-9-15(10-8-14)13-18(12-4-11-17)16-5-3-6-16/h7-10,16H,2-6,11-13,17H2,1H3. The molecule has 2 heteroatoms. The molecule has 1 aromatic rings. The normalized spacial score (nSPS) is 15.9. The van der Waals surface area contributed by atoms with Gasteiger partial charge >= 0.3 is 0 Å². The molecule has 1 saturated carbocycles. The molecule has 0 radical (unpaired) electrons. The van der Waals surface area contributed by atoms with Crippen LogP contribution in [0.1, 0.15) is 43.7 Å². The van der Waals surface area contributed by atoms with Gasteiger partial charge in [0.25, 0.3) is 0 Å². The second-order valence-electron chi connectivity index (χ2n) is 5.37. The third kappa shape index (κ3) is 3.56. The van der Waals surface area contributed by atoms with Crippen LogP contribution in [0.3, 0.4) is 0 Å². The van der Waals surface area contributed by atoms with Gasteiger partial charge in [-0.15, -0.1) is 0 Å². The fourth-order valence-electron chi connectivity index (χ4n) is 2.55. The molecule has 0 unspecified atom stereocenters. The number of rotatable bonds is 7. The van der Waals surface area contributed by atoms with Crippen LogP contribution in [0.5, 0.6) is 0 Å². The SMILES string of the molecule is CCc1ccc(CN(CCCN)C2CCC2)cc1. The van der Waals surface area contributed by atoms with E-state index in [1.165, 1.54) is 30.4 Å². The second kappa shape index (κ2) is 6.91. The molecule has 0 saturated heterocycles. The van der Waals surface area contributed by atoms with Crippen LogP contribution in [-0.2, 0) is 13.0 Å². The molecule has 2 rings (SSSR count). The smallest absolute Gasteiger partial charge is 0.0236 e. The van der Waals surface area contributed by atoms with Crippen molar-refractivity contribution in [3.8, 4) is 0 Å². The van der Waals surface area contributed by atoms with Crippen LogP contribution in [0.25, 0.3) is 0 Å². The Bertz CT molecular complexity index is 341. The van der Waals surface area contributed by atoms with Crippen molar-refractivity contribution in [2.45, 2.75) is 51.6 Å². The van der Waals surface area contributed by atoms with E-state index in [2.05, 4.69) is 36.1 Å². The van der Waals surface area contributed by atoms with E-state index in [9.17, 15) is 0 Å². The average Bonchev–Trinajstić information content (AvgIpc) is 2.34. The molecule has 1 aromatic carbocycles. The predicted molar refractivity (Wildman–Crippen MR) is 77.5 cm³/mol. The molecule has 2 N–H and O–H groups in total. The minimum Gasteiger partial charge on any atom is -0.330 e. The summed E-state index contributed by atoms with van der Waals surface area (Å²) >= 11 is 0. The van der Waals surface area contributed by atoms with Crippen LogP contribution in [0.2, 0.25) is 0 Å². The molecular weight excluding hydrogens is 220 g/mol. The minimum atomic E-state index is 0.804. The number of hydrogen-bond acceptors (Lipinski definition) is 2. The average molecular weight is 246 g/mol. The van der Waals surface area contributed by atoms with E-state index in [-0.39, 0.29) is 0 Å². The monoisotopic (exact) mass is 246 g/mol. The van der Waals surface area contributed by atoms with Crippen molar-refractivity contribution >= 4 is 0 Å². The first-order valence-corrected chi connectivity index (χ1v) is 7.35. The lowest BCUT2D eigenvalue weighted by Gasteiger charge is -2.37. The number of aryl methyl sites for hydroxylation is 1. The third-order valence-electron chi connectivity index (χ3n) is 4.06. The molecule has 0 aliphatic heterocycles. The third-order valence-corrected chi connectivity index (χ3v) is 4.06. The number of nitrogens with two attached hydrogens (primary N) is 1. The largest absolute Gasteiger partial charge is 0.330 e. The van der Waals surface area contributed by atoms with Crippen molar-refractivity contribution in [1.82, 2.24) is 4.90 Å². The van der Waals surface area contributed by atoms with Gasteiger partial charge in [0.05, 0.1) is 0 Å². The van der Waals surface area contributed by atoms with Crippen LogP contribution < -0.4 is 5.73 Å². The van der Waals surface area contributed by atoms with Crippen molar-refractivity contribution in [2.75, 3.05) is 13.1 Å². The summed E-state index contributed by atoms with van der Waals surface area (Å²) in [4.78, 5) is 2.62. The highest BCUT2D eigenvalue weighted by Crippen LogP contribution is 2.26. The molecule has 0 spiro atoms. The Kier molecular flexibility index (Phi) is 5.21. The van der Waals surface area contributed by atoms with Crippen LogP contribution in [0, 0.1) is 0 Å². The summed E-state index contributed by atoms with van der Waals surface area (Å²) in [5.74, 6) is 0. The molecule has 0 bridgehead atoms. The van der Waals surface area contributed by atoms with Crippen LogP contribution in [0.4, 0.5) is 0 Å². The molecule has 0 aromatic heterocycles. The number of benzene rings is 1. The van der Waals surface area contributed by atoms with E-state index in [1.54, 1.807) is 0 Å². The van der Waals surface area contributed by atoms with Crippen LogP contribution >= 0.6 is 0 Å². The van der Waals surface area contributed by atoms with Gasteiger partial charge in [-0.25, -0.2) is 0 Å². The van der Waals surface area contributed by atoms with Crippen LogP contribution in [0.15, 0.2) is 24.3 Å².